The van der Waals surface area contributed by atoms with Crippen molar-refractivity contribution >= 4 is 23.2 Å². The van der Waals surface area contributed by atoms with E-state index in [-0.39, 0.29) is 23.3 Å². The quantitative estimate of drug-likeness (QED) is 0.524. The Labute approximate surface area is 222 Å². The minimum atomic E-state index is -0.599. The summed E-state index contributed by atoms with van der Waals surface area (Å²) in [6.45, 7) is 16.0. The molecular weight excluding hydrogens is 464 g/mol. The summed E-state index contributed by atoms with van der Waals surface area (Å²) >= 11 is 0. The van der Waals surface area contributed by atoms with Gasteiger partial charge in [-0.2, -0.15) is 0 Å². The second-order valence-electron chi connectivity index (χ2n) is 11.4. The molecule has 1 saturated heterocycles. The number of likely N-dealkylation sites (tertiary alicyclic amines) is 1. The maximum atomic E-state index is 13.2. The van der Waals surface area contributed by atoms with Gasteiger partial charge in [-0.3, -0.25) is 14.5 Å². The normalized spacial score (nSPS) is 15.8. The van der Waals surface area contributed by atoms with Crippen molar-refractivity contribution in [3.63, 3.8) is 0 Å². The van der Waals surface area contributed by atoms with Crippen LogP contribution in [0.15, 0.2) is 30.3 Å². The van der Waals surface area contributed by atoms with Crippen LogP contribution in [0, 0.1) is 20.8 Å². The number of benzene rings is 2. The number of ether oxygens (including phenoxy) is 1. The van der Waals surface area contributed by atoms with E-state index in [1.807, 2.05) is 57.0 Å². The van der Waals surface area contributed by atoms with Gasteiger partial charge in [-0.1, -0.05) is 39.0 Å². The van der Waals surface area contributed by atoms with Gasteiger partial charge in [0.25, 0.3) is 5.91 Å². The molecule has 2 aromatic rings. The largest absolute Gasteiger partial charge is 0.481 e. The molecular formula is C30H44N4O3. The van der Waals surface area contributed by atoms with Gasteiger partial charge in [-0.25, -0.2) is 0 Å². The van der Waals surface area contributed by atoms with Gasteiger partial charge in [0.2, 0.25) is 5.91 Å². The molecule has 1 atom stereocenters. The molecule has 1 aliphatic heterocycles. The van der Waals surface area contributed by atoms with E-state index in [2.05, 4.69) is 37.1 Å². The number of aryl methyl sites for hydroxylation is 1. The summed E-state index contributed by atoms with van der Waals surface area (Å²) in [4.78, 5) is 29.9. The molecule has 0 saturated carbocycles. The second-order valence-corrected chi connectivity index (χ2v) is 11.4. The van der Waals surface area contributed by atoms with Crippen LogP contribution in [0.3, 0.4) is 0 Å². The Bertz CT molecular complexity index is 1130. The number of nitrogens with zero attached hydrogens (tertiary/aromatic N) is 2. The van der Waals surface area contributed by atoms with Crippen molar-refractivity contribution in [2.45, 2.75) is 78.9 Å². The predicted molar refractivity (Wildman–Crippen MR) is 151 cm³/mol. The van der Waals surface area contributed by atoms with E-state index >= 15 is 0 Å². The van der Waals surface area contributed by atoms with Crippen molar-refractivity contribution in [1.82, 2.24) is 9.80 Å². The first-order chi connectivity index (χ1) is 17.3. The Balaban J connectivity index is 1.52. The number of nitrogens with one attached hydrogen (secondary N) is 1. The Hall–Kier alpha value is -3.06. The molecule has 202 valence electrons. The van der Waals surface area contributed by atoms with Gasteiger partial charge >= 0.3 is 0 Å². The van der Waals surface area contributed by atoms with Crippen LogP contribution in [0.1, 0.15) is 62.8 Å². The van der Waals surface area contributed by atoms with E-state index in [9.17, 15) is 9.59 Å². The van der Waals surface area contributed by atoms with Gasteiger partial charge in [0.05, 0.1) is 6.54 Å². The summed E-state index contributed by atoms with van der Waals surface area (Å²) in [5, 5.41) is 3.10. The van der Waals surface area contributed by atoms with Crippen LogP contribution < -0.4 is 15.8 Å². The zero-order chi connectivity index (χ0) is 27.5. The van der Waals surface area contributed by atoms with Gasteiger partial charge < -0.3 is 20.7 Å². The predicted octanol–water partition coefficient (Wildman–Crippen LogP) is 4.82. The minimum Gasteiger partial charge on any atom is -0.481 e. The fraction of sp³-hybridized carbons (Fsp3) is 0.533. The zero-order valence-electron chi connectivity index (χ0n) is 23.8. The molecule has 2 amide bonds. The monoisotopic (exact) mass is 508 g/mol. The van der Waals surface area contributed by atoms with Crippen LogP contribution in [-0.2, 0) is 15.0 Å². The maximum absolute atomic E-state index is 13.2. The lowest BCUT2D eigenvalue weighted by atomic mass is 9.86. The van der Waals surface area contributed by atoms with Crippen molar-refractivity contribution < 1.29 is 14.3 Å². The summed E-state index contributed by atoms with van der Waals surface area (Å²) in [6, 6.07) is 10.0. The van der Waals surface area contributed by atoms with Crippen LogP contribution in [-0.4, -0.2) is 60.4 Å². The lowest BCUT2D eigenvalue weighted by Crippen LogP contribution is -2.50. The number of nitrogen functional groups attached to an aromatic ring is 1. The van der Waals surface area contributed by atoms with Crippen molar-refractivity contribution in [2.75, 3.05) is 37.7 Å². The number of carbonyl (C=O) groups is 2. The Kier molecular flexibility index (Phi) is 8.90. The number of hydrogen-bond acceptors (Lipinski definition) is 5. The van der Waals surface area contributed by atoms with Gasteiger partial charge in [0.15, 0.2) is 6.10 Å². The van der Waals surface area contributed by atoms with Gasteiger partial charge in [0, 0.05) is 37.6 Å². The SMILES string of the molecule is Cc1cc(OC(C)C(=O)N(C)C2CCN(CC(=O)Nc3ccccc3C(C)(C)C)CC2)c(C)c(C)c1N. The number of hydrogen-bond donors (Lipinski definition) is 2. The number of likely N-dealkylation sites (N-methyl/N-ethyl adjacent to an activating group) is 1. The molecule has 2 aromatic carbocycles. The molecule has 0 spiro atoms. The topological polar surface area (TPSA) is 87.9 Å². The highest BCUT2D eigenvalue weighted by atomic mass is 16.5. The molecule has 0 radical (unpaired) electrons. The fourth-order valence-electron chi connectivity index (χ4n) is 5.00. The van der Waals surface area contributed by atoms with Crippen LogP contribution in [0.4, 0.5) is 11.4 Å². The third kappa shape index (κ3) is 6.83. The molecule has 1 unspecified atom stereocenters. The van der Waals surface area contributed by atoms with Crippen molar-refractivity contribution in [1.29, 1.82) is 0 Å². The Morgan fingerprint density at radius 3 is 2.38 bits per heavy atom. The Morgan fingerprint density at radius 2 is 1.76 bits per heavy atom. The molecule has 3 rings (SSSR count). The summed E-state index contributed by atoms with van der Waals surface area (Å²) in [7, 11) is 1.85. The summed E-state index contributed by atoms with van der Waals surface area (Å²) in [6.07, 6.45) is 1.04. The third-order valence-electron chi connectivity index (χ3n) is 7.59. The van der Waals surface area contributed by atoms with E-state index in [1.54, 1.807) is 6.92 Å². The van der Waals surface area contributed by atoms with Crippen molar-refractivity contribution in [3.8, 4) is 5.75 Å². The molecule has 3 N–H and O–H groups in total. The average molecular weight is 509 g/mol. The molecule has 7 heteroatoms. The first-order valence-corrected chi connectivity index (χ1v) is 13.2. The molecule has 0 aliphatic carbocycles. The van der Waals surface area contributed by atoms with E-state index in [0.29, 0.717) is 12.3 Å². The zero-order valence-corrected chi connectivity index (χ0v) is 23.8. The van der Waals surface area contributed by atoms with E-state index in [1.165, 1.54) is 0 Å². The number of nitrogens with two attached hydrogens (primary N) is 1. The van der Waals surface area contributed by atoms with Crippen LogP contribution in [0.25, 0.3) is 0 Å². The first kappa shape index (κ1) is 28.5. The third-order valence-corrected chi connectivity index (χ3v) is 7.59. The Morgan fingerprint density at radius 1 is 1.14 bits per heavy atom. The smallest absolute Gasteiger partial charge is 0.263 e. The number of piperidine rings is 1. The van der Waals surface area contributed by atoms with Crippen molar-refractivity contribution in [3.05, 3.63) is 52.6 Å². The molecule has 7 nitrogen and oxygen atoms in total. The van der Waals surface area contributed by atoms with Crippen molar-refractivity contribution in [2.24, 2.45) is 0 Å². The van der Waals surface area contributed by atoms with Gasteiger partial charge in [-0.05, 0) is 80.3 Å². The molecule has 0 aromatic heterocycles. The standard InChI is InChI=1S/C30H44N4O3/c1-19-17-26(20(2)21(3)28(19)31)37-22(4)29(36)33(8)23-13-15-34(16-14-23)18-27(35)32-25-12-10-9-11-24(25)30(5,6)7/h9-12,17,22-23H,13-16,18,31H2,1-8H3,(H,32,35). The summed E-state index contributed by atoms with van der Waals surface area (Å²) in [5.41, 5.74) is 11.7. The number of anilines is 2. The maximum Gasteiger partial charge on any atom is 0.263 e. The highest BCUT2D eigenvalue weighted by molar-refractivity contribution is 5.93. The van der Waals surface area contributed by atoms with Gasteiger partial charge in [-0.15, -0.1) is 0 Å². The lowest BCUT2D eigenvalue weighted by Gasteiger charge is -2.37. The fourth-order valence-corrected chi connectivity index (χ4v) is 5.00. The van der Waals surface area contributed by atoms with E-state index in [0.717, 1.165) is 59.6 Å². The van der Waals surface area contributed by atoms with Crippen LogP contribution in [0.2, 0.25) is 0 Å². The van der Waals surface area contributed by atoms with Gasteiger partial charge in [0.1, 0.15) is 5.75 Å². The van der Waals surface area contributed by atoms with E-state index in [4.69, 9.17) is 10.5 Å². The summed E-state index contributed by atoms with van der Waals surface area (Å²) < 4.78 is 6.09. The van der Waals surface area contributed by atoms with Crippen LogP contribution in [0.5, 0.6) is 5.75 Å². The average Bonchev–Trinajstić information content (AvgIpc) is 2.85. The number of amides is 2. The molecule has 1 fully saturated rings. The number of rotatable bonds is 7. The number of carbonyl (C=O) groups excluding carboxylic acids is 2. The first-order valence-electron chi connectivity index (χ1n) is 13.2. The highest BCUT2D eigenvalue weighted by Gasteiger charge is 2.30. The molecule has 0 bridgehead atoms. The molecule has 37 heavy (non-hydrogen) atoms. The molecule has 1 heterocycles. The lowest BCUT2D eigenvalue weighted by molar-refractivity contribution is -0.139. The van der Waals surface area contributed by atoms with E-state index < -0.39 is 6.10 Å². The van der Waals surface area contributed by atoms with Crippen LogP contribution >= 0.6 is 0 Å². The second kappa shape index (κ2) is 11.5. The minimum absolute atomic E-state index is 0.00828. The number of para-hydroxylation sites is 1. The summed E-state index contributed by atoms with van der Waals surface area (Å²) in [5.74, 6) is 0.653. The highest BCUT2D eigenvalue weighted by Crippen LogP contribution is 2.31. The molecule has 1 aliphatic rings.